The molecular weight excluding hydrogens is 286 g/mol. The van der Waals surface area contributed by atoms with Gasteiger partial charge in [-0.05, 0) is 42.5 Å². The van der Waals surface area contributed by atoms with Crippen LogP contribution in [0.1, 0.15) is 43.5 Å². The molecule has 2 rings (SSSR count). The number of nitrogens with zero attached hydrogens (tertiary/aromatic N) is 2. The van der Waals surface area contributed by atoms with E-state index in [-0.39, 0.29) is 0 Å². The Kier molecular flexibility index (Phi) is 4.47. The van der Waals surface area contributed by atoms with Crippen LogP contribution in [0.25, 0.3) is 0 Å². The number of aryl methyl sites for hydroxylation is 3. The summed E-state index contributed by atoms with van der Waals surface area (Å²) in [6.07, 6.45) is 0.778. The summed E-state index contributed by atoms with van der Waals surface area (Å²) in [5, 5.41) is 5.14. The van der Waals surface area contributed by atoms with Crippen molar-refractivity contribution in [1.29, 1.82) is 0 Å². The summed E-state index contributed by atoms with van der Waals surface area (Å²) in [5.74, 6) is 1.67. The molecule has 0 unspecified atom stereocenters. The molecule has 1 aromatic heterocycles. The second-order valence-corrected chi connectivity index (χ2v) is 5.95. The lowest BCUT2D eigenvalue weighted by Crippen LogP contribution is -2.00. The monoisotopic (exact) mass is 307 g/mol. The van der Waals surface area contributed by atoms with Crippen LogP contribution in [0.2, 0.25) is 5.02 Å². The van der Waals surface area contributed by atoms with Crippen LogP contribution in [0.3, 0.4) is 0 Å². The number of benzene rings is 1. The number of nitrogen functional groups attached to an aromatic ring is 1. The molecule has 0 aliphatic rings. The summed E-state index contributed by atoms with van der Waals surface area (Å²) >= 11 is 6.29. The van der Waals surface area contributed by atoms with Crippen molar-refractivity contribution in [3.8, 4) is 11.6 Å². The molecule has 0 radical (unpaired) electrons. The number of ether oxygens (including phenoxy) is 1. The average molecular weight is 308 g/mol. The molecule has 21 heavy (non-hydrogen) atoms. The van der Waals surface area contributed by atoms with Crippen LogP contribution in [-0.2, 0) is 13.5 Å². The molecule has 0 spiro atoms. The molecule has 114 valence electrons. The first-order valence-corrected chi connectivity index (χ1v) is 7.52. The molecule has 0 fully saturated rings. The number of anilines is 1. The molecule has 0 aliphatic carbocycles. The Morgan fingerprint density at radius 1 is 1.38 bits per heavy atom. The van der Waals surface area contributed by atoms with Crippen LogP contribution >= 0.6 is 11.6 Å². The van der Waals surface area contributed by atoms with Crippen molar-refractivity contribution >= 4 is 17.3 Å². The Morgan fingerprint density at radius 3 is 2.57 bits per heavy atom. The first-order valence-electron chi connectivity index (χ1n) is 7.14. The largest absolute Gasteiger partial charge is 0.437 e. The Balaban J connectivity index is 2.45. The summed E-state index contributed by atoms with van der Waals surface area (Å²) in [7, 11) is 1.83. The second kappa shape index (κ2) is 5.98. The number of aromatic nitrogens is 2. The smallest absolute Gasteiger partial charge is 0.241 e. The van der Waals surface area contributed by atoms with E-state index in [9.17, 15) is 0 Å². The van der Waals surface area contributed by atoms with Crippen LogP contribution in [0.5, 0.6) is 11.6 Å². The van der Waals surface area contributed by atoms with E-state index in [0.29, 0.717) is 17.5 Å². The standard InChI is InChI=1S/C16H22ClN3O/c1-6-13-15(18)16(20(5)19-13)21-14-8-11(9(2)3)12(17)7-10(14)4/h7-9H,6,18H2,1-5H3. The van der Waals surface area contributed by atoms with Crippen LogP contribution in [-0.4, -0.2) is 9.78 Å². The third-order valence-corrected chi connectivity index (χ3v) is 3.89. The average Bonchev–Trinajstić information content (AvgIpc) is 2.68. The Hall–Kier alpha value is -1.68. The lowest BCUT2D eigenvalue weighted by atomic mass is 10.0. The zero-order chi connectivity index (χ0) is 15.7. The number of hydrogen-bond donors (Lipinski definition) is 1. The van der Waals surface area contributed by atoms with Gasteiger partial charge >= 0.3 is 0 Å². The molecule has 2 N–H and O–H groups in total. The highest BCUT2D eigenvalue weighted by atomic mass is 35.5. The summed E-state index contributed by atoms with van der Waals surface area (Å²) in [6, 6.07) is 3.92. The lowest BCUT2D eigenvalue weighted by molar-refractivity contribution is 0.429. The van der Waals surface area contributed by atoms with Crippen LogP contribution in [0.4, 0.5) is 5.69 Å². The number of rotatable bonds is 4. The van der Waals surface area contributed by atoms with Crippen LogP contribution in [0.15, 0.2) is 12.1 Å². The van der Waals surface area contributed by atoms with Crippen molar-refractivity contribution in [3.63, 3.8) is 0 Å². The zero-order valence-corrected chi connectivity index (χ0v) is 14.0. The fourth-order valence-electron chi connectivity index (χ4n) is 2.29. The van der Waals surface area contributed by atoms with Crippen LogP contribution in [0, 0.1) is 6.92 Å². The molecule has 2 aromatic rings. The maximum atomic E-state index is 6.29. The molecular formula is C16H22ClN3O. The van der Waals surface area contributed by atoms with Gasteiger partial charge in [0.25, 0.3) is 0 Å². The Bertz CT molecular complexity index is 662. The van der Waals surface area contributed by atoms with Gasteiger partial charge in [-0.3, -0.25) is 0 Å². The van der Waals surface area contributed by atoms with Gasteiger partial charge in [-0.2, -0.15) is 5.10 Å². The highest BCUT2D eigenvalue weighted by Crippen LogP contribution is 2.36. The van der Waals surface area contributed by atoms with Gasteiger partial charge in [-0.15, -0.1) is 0 Å². The first-order chi connectivity index (χ1) is 9.85. The molecule has 5 heteroatoms. The second-order valence-electron chi connectivity index (χ2n) is 5.54. The van der Waals surface area contributed by atoms with Gasteiger partial charge in [0, 0.05) is 12.1 Å². The van der Waals surface area contributed by atoms with Crippen molar-refractivity contribution in [3.05, 3.63) is 34.0 Å². The molecule has 0 amide bonds. The summed E-state index contributed by atoms with van der Waals surface area (Å²) in [4.78, 5) is 0. The highest BCUT2D eigenvalue weighted by Gasteiger charge is 2.17. The fourth-order valence-corrected chi connectivity index (χ4v) is 2.72. The third-order valence-electron chi connectivity index (χ3n) is 3.56. The van der Waals surface area contributed by atoms with E-state index in [2.05, 4.69) is 18.9 Å². The van der Waals surface area contributed by atoms with Gasteiger partial charge in [-0.25, -0.2) is 4.68 Å². The van der Waals surface area contributed by atoms with E-state index in [1.54, 1.807) is 4.68 Å². The SMILES string of the molecule is CCc1nn(C)c(Oc2cc(C(C)C)c(Cl)cc2C)c1N. The summed E-state index contributed by atoms with van der Waals surface area (Å²) in [5.41, 5.74) is 9.59. The van der Waals surface area contributed by atoms with E-state index in [1.807, 2.05) is 33.0 Å². The number of halogens is 1. The predicted molar refractivity (Wildman–Crippen MR) is 87.4 cm³/mol. The Morgan fingerprint density at radius 2 is 2.05 bits per heavy atom. The maximum Gasteiger partial charge on any atom is 0.241 e. The lowest BCUT2D eigenvalue weighted by Gasteiger charge is -2.14. The topological polar surface area (TPSA) is 53.1 Å². The maximum absolute atomic E-state index is 6.29. The van der Waals surface area contributed by atoms with Gasteiger partial charge in [0.1, 0.15) is 11.4 Å². The van der Waals surface area contributed by atoms with Crippen LogP contribution < -0.4 is 10.5 Å². The van der Waals surface area contributed by atoms with Crippen molar-refractivity contribution in [2.75, 3.05) is 5.73 Å². The zero-order valence-electron chi connectivity index (χ0n) is 13.2. The van der Waals surface area contributed by atoms with Crippen molar-refractivity contribution in [2.45, 2.75) is 40.0 Å². The van der Waals surface area contributed by atoms with E-state index in [4.69, 9.17) is 22.1 Å². The molecule has 0 saturated heterocycles. The van der Waals surface area contributed by atoms with Crippen molar-refractivity contribution < 1.29 is 4.74 Å². The molecule has 0 aliphatic heterocycles. The van der Waals surface area contributed by atoms with E-state index in [1.165, 1.54) is 0 Å². The predicted octanol–water partition coefficient (Wildman–Crippen LogP) is 4.44. The minimum Gasteiger partial charge on any atom is -0.437 e. The molecule has 0 saturated carbocycles. The van der Waals surface area contributed by atoms with E-state index >= 15 is 0 Å². The van der Waals surface area contributed by atoms with Gasteiger partial charge in [0.05, 0.1) is 5.69 Å². The van der Waals surface area contributed by atoms with E-state index in [0.717, 1.165) is 34.0 Å². The van der Waals surface area contributed by atoms with Crippen molar-refractivity contribution in [1.82, 2.24) is 9.78 Å². The molecule has 0 atom stereocenters. The molecule has 4 nitrogen and oxygen atoms in total. The minimum atomic E-state index is 0.329. The fraction of sp³-hybridized carbons (Fsp3) is 0.438. The Labute approximate surface area is 130 Å². The molecule has 1 heterocycles. The minimum absolute atomic E-state index is 0.329. The molecule has 1 aromatic carbocycles. The highest BCUT2D eigenvalue weighted by molar-refractivity contribution is 6.31. The molecule has 0 bridgehead atoms. The van der Waals surface area contributed by atoms with Gasteiger partial charge in [0.15, 0.2) is 0 Å². The third kappa shape index (κ3) is 3.00. The summed E-state index contributed by atoms with van der Waals surface area (Å²) < 4.78 is 7.69. The van der Waals surface area contributed by atoms with Gasteiger partial charge in [0.2, 0.25) is 5.88 Å². The van der Waals surface area contributed by atoms with E-state index < -0.39 is 0 Å². The summed E-state index contributed by atoms with van der Waals surface area (Å²) in [6.45, 7) is 8.20. The van der Waals surface area contributed by atoms with Gasteiger partial charge in [-0.1, -0.05) is 32.4 Å². The van der Waals surface area contributed by atoms with Crippen molar-refractivity contribution in [2.24, 2.45) is 7.05 Å². The normalized spacial score (nSPS) is 11.2. The first kappa shape index (κ1) is 15.7. The van der Waals surface area contributed by atoms with Gasteiger partial charge < -0.3 is 10.5 Å². The quantitative estimate of drug-likeness (QED) is 0.908. The number of nitrogens with two attached hydrogens (primary N) is 1. The number of hydrogen-bond acceptors (Lipinski definition) is 3.